The second kappa shape index (κ2) is 3.19. The molecule has 1 saturated heterocycles. The highest BCUT2D eigenvalue weighted by atomic mass is 16.7. The molecule has 1 unspecified atom stereocenters. The third-order valence-electron chi connectivity index (χ3n) is 1.84. The third kappa shape index (κ3) is 1.56. The number of carboxylic acid groups (broad SMARTS) is 2. The minimum absolute atomic E-state index is 0.138. The van der Waals surface area contributed by atoms with Crippen LogP contribution >= 0.6 is 0 Å². The molecule has 1 fully saturated rings. The van der Waals surface area contributed by atoms with E-state index >= 15 is 0 Å². The monoisotopic (exact) mass is 191 g/mol. The van der Waals surface area contributed by atoms with Crippen LogP contribution in [0.4, 0.5) is 4.79 Å². The van der Waals surface area contributed by atoms with Gasteiger partial charge in [-0.1, -0.05) is 0 Å². The first-order valence-electron chi connectivity index (χ1n) is 3.57. The van der Waals surface area contributed by atoms with Crippen molar-refractivity contribution in [2.75, 3.05) is 6.54 Å². The summed E-state index contributed by atoms with van der Waals surface area (Å²) in [6.45, 7) is 0.195. The lowest BCUT2D eigenvalue weighted by Gasteiger charge is -2.25. The first-order chi connectivity index (χ1) is 5.99. The van der Waals surface area contributed by atoms with Gasteiger partial charge >= 0.3 is 12.1 Å². The summed E-state index contributed by atoms with van der Waals surface area (Å²) in [6.07, 6.45) is -2.96. The van der Waals surface area contributed by atoms with Crippen LogP contribution in [0.5, 0.6) is 0 Å². The Morgan fingerprint density at radius 1 is 1.46 bits per heavy atom. The van der Waals surface area contributed by atoms with Crippen LogP contribution in [0, 0.1) is 0 Å². The van der Waals surface area contributed by atoms with Crippen molar-refractivity contribution < 1.29 is 29.6 Å². The molecule has 4 N–H and O–H groups in total. The van der Waals surface area contributed by atoms with Gasteiger partial charge in [0.05, 0.1) is 0 Å². The molecule has 1 aliphatic rings. The highest BCUT2D eigenvalue weighted by molar-refractivity contribution is 5.80. The zero-order chi connectivity index (χ0) is 10.1. The number of aliphatic hydroxyl groups is 1. The maximum absolute atomic E-state index is 10.7. The summed E-state index contributed by atoms with van der Waals surface area (Å²) >= 11 is 0. The number of carbonyl (C=O) groups is 2. The topological polar surface area (TPSA) is 116 Å². The zero-order valence-corrected chi connectivity index (χ0v) is 6.56. The first kappa shape index (κ1) is 9.75. The number of ether oxygens (including phenoxy) is 1. The highest BCUT2D eigenvalue weighted by Crippen LogP contribution is 2.22. The van der Waals surface area contributed by atoms with Gasteiger partial charge in [0.2, 0.25) is 0 Å². The van der Waals surface area contributed by atoms with Crippen molar-refractivity contribution in [1.29, 1.82) is 0 Å². The van der Waals surface area contributed by atoms with Crippen molar-refractivity contribution >= 4 is 12.1 Å². The Balaban J connectivity index is 2.87. The van der Waals surface area contributed by atoms with E-state index in [4.69, 9.17) is 10.2 Å². The lowest BCUT2D eigenvalue weighted by Crippen LogP contribution is -2.57. The number of hydrogen-bond donors (Lipinski definition) is 4. The summed E-state index contributed by atoms with van der Waals surface area (Å²) < 4.78 is 4.13. The molecule has 0 saturated carbocycles. The van der Waals surface area contributed by atoms with E-state index in [0.29, 0.717) is 0 Å². The smallest absolute Gasteiger partial charge is 0.477 e. The Morgan fingerprint density at radius 3 is 2.38 bits per heavy atom. The predicted octanol–water partition coefficient (Wildman–Crippen LogP) is -1.18. The Hall–Kier alpha value is -1.34. The Kier molecular flexibility index (Phi) is 2.39. The summed E-state index contributed by atoms with van der Waals surface area (Å²) in [6, 6.07) is 0. The summed E-state index contributed by atoms with van der Waals surface area (Å²) in [5.74, 6) is -1.54. The fraction of sp³-hybridized carbons (Fsp3) is 0.667. The second-order valence-electron chi connectivity index (χ2n) is 2.64. The molecule has 7 nitrogen and oxygen atoms in total. The number of hydrogen-bond acceptors (Lipinski definition) is 5. The molecule has 0 aromatic rings. The molecule has 13 heavy (non-hydrogen) atoms. The van der Waals surface area contributed by atoms with Crippen molar-refractivity contribution in [3.05, 3.63) is 0 Å². The van der Waals surface area contributed by atoms with Crippen LogP contribution < -0.4 is 5.32 Å². The van der Waals surface area contributed by atoms with Gasteiger partial charge in [0, 0.05) is 6.54 Å². The average molecular weight is 191 g/mol. The normalized spacial score (nSPS) is 32.8. The van der Waals surface area contributed by atoms with Gasteiger partial charge in [-0.3, -0.25) is 5.32 Å². The minimum atomic E-state index is -2.20. The second-order valence-corrected chi connectivity index (χ2v) is 2.64. The summed E-state index contributed by atoms with van der Waals surface area (Å²) in [4.78, 5) is 20.8. The summed E-state index contributed by atoms with van der Waals surface area (Å²) in [5, 5.41) is 28.5. The molecule has 0 radical (unpaired) electrons. The van der Waals surface area contributed by atoms with E-state index in [0.717, 1.165) is 0 Å². The Bertz CT molecular complexity index is 241. The van der Waals surface area contributed by atoms with Crippen molar-refractivity contribution in [3.8, 4) is 0 Å². The summed E-state index contributed by atoms with van der Waals surface area (Å²) in [7, 11) is 0. The van der Waals surface area contributed by atoms with Crippen LogP contribution in [0.2, 0.25) is 0 Å². The lowest BCUT2D eigenvalue weighted by atomic mass is 10.1. The van der Waals surface area contributed by atoms with Gasteiger partial charge in [-0.25, -0.2) is 9.59 Å². The molecule has 0 spiro atoms. The van der Waals surface area contributed by atoms with Gasteiger partial charge < -0.3 is 20.1 Å². The molecule has 7 heteroatoms. The van der Waals surface area contributed by atoms with E-state index in [9.17, 15) is 14.7 Å². The molecule has 0 aromatic carbocycles. The average Bonchev–Trinajstić information content (AvgIpc) is 2.32. The number of carboxylic acids is 1. The van der Waals surface area contributed by atoms with E-state index in [-0.39, 0.29) is 13.0 Å². The highest BCUT2D eigenvalue weighted by Gasteiger charge is 2.53. The molecule has 74 valence electrons. The van der Waals surface area contributed by atoms with Crippen LogP contribution in [-0.4, -0.2) is 45.8 Å². The maximum Gasteiger partial charge on any atom is 0.508 e. The molecule has 0 bridgehead atoms. The van der Waals surface area contributed by atoms with E-state index < -0.39 is 24.0 Å². The van der Waals surface area contributed by atoms with Crippen LogP contribution in [0.1, 0.15) is 6.42 Å². The predicted molar refractivity (Wildman–Crippen MR) is 38.1 cm³/mol. The third-order valence-corrected chi connectivity index (χ3v) is 1.84. The quantitative estimate of drug-likeness (QED) is 0.406. The molecule has 2 atom stereocenters. The largest absolute Gasteiger partial charge is 0.508 e. The van der Waals surface area contributed by atoms with Crippen molar-refractivity contribution in [3.63, 3.8) is 0 Å². The maximum atomic E-state index is 10.7. The Morgan fingerprint density at radius 2 is 2.08 bits per heavy atom. The van der Waals surface area contributed by atoms with Gasteiger partial charge in [0.15, 0.2) is 0 Å². The summed E-state index contributed by atoms with van der Waals surface area (Å²) in [5.41, 5.74) is -2.20. The Labute approximate surface area is 72.9 Å². The van der Waals surface area contributed by atoms with Gasteiger partial charge in [-0.15, -0.1) is 0 Å². The molecular formula is C6H9NO6. The molecular weight excluding hydrogens is 182 g/mol. The van der Waals surface area contributed by atoms with Gasteiger partial charge in [0.25, 0.3) is 5.72 Å². The molecule has 1 aliphatic heterocycles. The van der Waals surface area contributed by atoms with Crippen LogP contribution in [-0.2, 0) is 9.53 Å². The molecule has 0 aromatic heterocycles. The number of nitrogens with one attached hydrogen (secondary N) is 1. The van der Waals surface area contributed by atoms with Crippen molar-refractivity contribution in [2.45, 2.75) is 18.2 Å². The minimum Gasteiger partial charge on any atom is -0.477 e. The zero-order valence-electron chi connectivity index (χ0n) is 6.56. The van der Waals surface area contributed by atoms with Crippen molar-refractivity contribution in [2.24, 2.45) is 0 Å². The van der Waals surface area contributed by atoms with E-state index in [1.165, 1.54) is 0 Å². The number of aliphatic hydroxyl groups excluding tert-OH is 1. The van der Waals surface area contributed by atoms with Gasteiger partial charge in [-0.2, -0.15) is 0 Å². The van der Waals surface area contributed by atoms with E-state index in [1.807, 2.05) is 0 Å². The standard InChI is InChI=1S/C6H9NO6/c8-3-1-2-7-6(3,4(9)10)13-5(11)12/h3,7-8H,1-2H2,(H,9,10)(H,11,12)/t3?,6-/m1/s1. The fourth-order valence-corrected chi connectivity index (χ4v) is 1.22. The van der Waals surface area contributed by atoms with Gasteiger partial charge in [0.1, 0.15) is 6.10 Å². The molecule has 0 aliphatic carbocycles. The molecule has 1 rings (SSSR count). The van der Waals surface area contributed by atoms with Crippen LogP contribution in [0.15, 0.2) is 0 Å². The molecule has 1 heterocycles. The van der Waals surface area contributed by atoms with E-state index in [1.54, 1.807) is 0 Å². The lowest BCUT2D eigenvalue weighted by molar-refractivity contribution is -0.174. The first-order valence-corrected chi connectivity index (χ1v) is 3.57. The SMILES string of the molecule is O=C(O)O[C@]1(C(=O)O)NCCC1O. The van der Waals surface area contributed by atoms with Crippen molar-refractivity contribution in [1.82, 2.24) is 5.32 Å². The van der Waals surface area contributed by atoms with E-state index in [2.05, 4.69) is 10.1 Å². The number of rotatable bonds is 2. The van der Waals surface area contributed by atoms with Crippen LogP contribution in [0.3, 0.4) is 0 Å². The fourth-order valence-electron chi connectivity index (χ4n) is 1.22. The number of aliphatic carboxylic acids is 1. The molecule has 0 amide bonds. The van der Waals surface area contributed by atoms with Crippen LogP contribution in [0.25, 0.3) is 0 Å². The van der Waals surface area contributed by atoms with Gasteiger partial charge in [-0.05, 0) is 6.42 Å².